The van der Waals surface area contributed by atoms with Crippen molar-refractivity contribution in [2.45, 2.75) is 43.1 Å². The summed E-state index contributed by atoms with van der Waals surface area (Å²) in [4.78, 5) is 12.4. The molecule has 9 heteroatoms. The first-order valence-electron chi connectivity index (χ1n) is 9.75. The molecule has 0 aliphatic carbocycles. The summed E-state index contributed by atoms with van der Waals surface area (Å²) in [6, 6.07) is 6.05. The van der Waals surface area contributed by atoms with E-state index < -0.39 is 10.0 Å². The fourth-order valence-corrected chi connectivity index (χ4v) is 4.61. The van der Waals surface area contributed by atoms with Crippen LogP contribution in [-0.4, -0.2) is 53.2 Å². The van der Waals surface area contributed by atoms with Gasteiger partial charge >= 0.3 is 0 Å². The number of carbonyl (C=O) groups is 1. The van der Waals surface area contributed by atoms with E-state index in [9.17, 15) is 13.2 Å². The van der Waals surface area contributed by atoms with Crippen molar-refractivity contribution >= 4 is 28.3 Å². The summed E-state index contributed by atoms with van der Waals surface area (Å²) in [5, 5.41) is 6.29. The lowest BCUT2D eigenvalue weighted by molar-refractivity contribution is 0.0950. The van der Waals surface area contributed by atoms with Crippen LogP contribution in [0.25, 0.3) is 0 Å². The molecule has 0 saturated carbocycles. The number of benzene rings is 1. The van der Waals surface area contributed by atoms with Gasteiger partial charge in [-0.25, -0.2) is 13.1 Å². The van der Waals surface area contributed by atoms with Crippen LogP contribution in [0.1, 0.15) is 42.5 Å². The fraction of sp³-hybridized carbons (Fsp3) is 0.632. The molecule has 1 amide bonds. The molecule has 158 valence electrons. The standard InChI is InChI=1S/C19H29N3O4S.ClH/c23-19(21-11-9-15-3-1-10-20-13-15)16-5-7-18(8-6-16)27(24,25)22-14-17-4-2-12-26-17;/h5-8,15,17,20,22H,1-4,9-14H2,(H,21,23);1H. The quantitative estimate of drug-likeness (QED) is 0.582. The zero-order valence-corrected chi connectivity index (χ0v) is 17.6. The summed E-state index contributed by atoms with van der Waals surface area (Å²) < 4.78 is 32.7. The number of carbonyl (C=O) groups excluding carboxylic acids is 1. The van der Waals surface area contributed by atoms with Crippen LogP contribution in [0.5, 0.6) is 0 Å². The number of rotatable bonds is 8. The van der Waals surface area contributed by atoms with Crippen LogP contribution in [0.3, 0.4) is 0 Å². The van der Waals surface area contributed by atoms with Gasteiger partial charge in [0.2, 0.25) is 10.0 Å². The minimum atomic E-state index is -3.59. The Labute approximate surface area is 173 Å². The maximum atomic E-state index is 12.3. The van der Waals surface area contributed by atoms with E-state index in [0.29, 0.717) is 24.6 Å². The van der Waals surface area contributed by atoms with E-state index in [-0.39, 0.29) is 35.9 Å². The van der Waals surface area contributed by atoms with Gasteiger partial charge in [-0.15, -0.1) is 12.4 Å². The molecule has 2 aliphatic rings. The highest BCUT2D eigenvalue weighted by Crippen LogP contribution is 2.15. The van der Waals surface area contributed by atoms with Gasteiger partial charge in [-0.2, -0.15) is 0 Å². The normalized spacial score (nSPS) is 22.4. The molecule has 7 nitrogen and oxygen atoms in total. The average Bonchev–Trinajstić information content (AvgIpc) is 3.21. The average molecular weight is 432 g/mol. The van der Waals surface area contributed by atoms with Crippen molar-refractivity contribution in [3.8, 4) is 0 Å². The molecule has 1 aromatic rings. The van der Waals surface area contributed by atoms with Crippen molar-refractivity contribution in [2.75, 3.05) is 32.8 Å². The van der Waals surface area contributed by atoms with E-state index in [1.165, 1.54) is 25.0 Å². The highest BCUT2D eigenvalue weighted by Gasteiger charge is 2.20. The lowest BCUT2D eigenvalue weighted by Gasteiger charge is -2.22. The molecule has 2 heterocycles. The lowest BCUT2D eigenvalue weighted by Crippen LogP contribution is -2.33. The monoisotopic (exact) mass is 431 g/mol. The molecule has 28 heavy (non-hydrogen) atoms. The number of nitrogens with one attached hydrogen (secondary N) is 3. The molecule has 2 aliphatic heterocycles. The Kier molecular flexibility index (Phi) is 9.17. The Morgan fingerprint density at radius 3 is 2.61 bits per heavy atom. The number of ether oxygens (including phenoxy) is 1. The summed E-state index contributed by atoms with van der Waals surface area (Å²) >= 11 is 0. The predicted octanol–water partition coefficient (Wildman–Crippen LogP) is 1.69. The first-order valence-corrected chi connectivity index (χ1v) is 11.2. The minimum absolute atomic E-state index is 0. The molecule has 3 rings (SSSR count). The molecule has 1 aromatic carbocycles. The topological polar surface area (TPSA) is 96.5 Å². The molecule has 0 aromatic heterocycles. The van der Waals surface area contributed by atoms with Gasteiger partial charge in [-0.3, -0.25) is 4.79 Å². The predicted molar refractivity (Wildman–Crippen MR) is 110 cm³/mol. The zero-order chi connectivity index (χ0) is 19.1. The first-order chi connectivity index (χ1) is 13.0. The van der Waals surface area contributed by atoms with E-state index in [1.807, 2.05) is 0 Å². The van der Waals surface area contributed by atoms with E-state index in [4.69, 9.17) is 4.74 Å². The zero-order valence-electron chi connectivity index (χ0n) is 16.0. The number of piperidine rings is 1. The Balaban J connectivity index is 0.00000280. The molecule has 0 spiro atoms. The number of hydrogen-bond acceptors (Lipinski definition) is 5. The van der Waals surface area contributed by atoms with Crippen LogP contribution in [-0.2, 0) is 14.8 Å². The first kappa shape index (κ1) is 23.1. The number of sulfonamides is 1. The Hall–Kier alpha value is -1.19. The molecule has 2 fully saturated rings. The maximum Gasteiger partial charge on any atom is 0.251 e. The smallest absolute Gasteiger partial charge is 0.251 e. The maximum absolute atomic E-state index is 12.3. The third kappa shape index (κ3) is 6.70. The van der Waals surface area contributed by atoms with Crippen LogP contribution in [0.15, 0.2) is 29.2 Å². The molecular formula is C19H30ClN3O4S. The van der Waals surface area contributed by atoms with Crippen molar-refractivity contribution in [1.82, 2.24) is 15.4 Å². The van der Waals surface area contributed by atoms with E-state index in [0.717, 1.165) is 32.4 Å². The Morgan fingerprint density at radius 1 is 1.18 bits per heavy atom. The van der Waals surface area contributed by atoms with Gasteiger partial charge in [0, 0.05) is 25.3 Å². The molecule has 3 N–H and O–H groups in total. The third-order valence-electron chi connectivity index (χ3n) is 5.19. The third-order valence-corrected chi connectivity index (χ3v) is 6.63. The Bertz CT molecular complexity index is 715. The Morgan fingerprint density at radius 2 is 1.96 bits per heavy atom. The number of amides is 1. The molecule has 0 radical (unpaired) electrons. The van der Waals surface area contributed by atoms with E-state index >= 15 is 0 Å². The van der Waals surface area contributed by atoms with Gasteiger partial charge < -0.3 is 15.4 Å². The highest BCUT2D eigenvalue weighted by atomic mass is 35.5. The van der Waals surface area contributed by atoms with Gasteiger partial charge in [0.05, 0.1) is 11.0 Å². The van der Waals surface area contributed by atoms with Crippen molar-refractivity contribution in [1.29, 1.82) is 0 Å². The molecule has 2 atom stereocenters. The molecule has 2 unspecified atom stereocenters. The van der Waals surface area contributed by atoms with Gasteiger partial charge in [0.25, 0.3) is 5.91 Å². The second-order valence-electron chi connectivity index (χ2n) is 7.27. The van der Waals surface area contributed by atoms with Gasteiger partial charge in [0.1, 0.15) is 0 Å². The van der Waals surface area contributed by atoms with E-state index in [1.54, 1.807) is 12.1 Å². The van der Waals surface area contributed by atoms with Crippen LogP contribution in [0, 0.1) is 5.92 Å². The highest BCUT2D eigenvalue weighted by molar-refractivity contribution is 7.89. The van der Waals surface area contributed by atoms with Gasteiger partial charge in [0.15, 0.2) is 0 Å². The minimum Gasteiger partial charge on any atom is -0.377 e. The van der Waals surface area contributed by atoms with Gasteiger partial charge in [-0.1, -0.05) is 0 Å². The van der Waals surface area contributed by atoms with E-state index in [2.05, 4.69) is 15.4 Å². The van der Waals surface area contributed by atoms with Crippen molar-refractivity contribution < 1.29 is 17.9 Å². The summed E-state index contributed by atoms with van der Waals surface area (Å²) in [6.45, 7) is 3.70. The van der Waals surface area contributed by atoms with Crippen molar-refractivity contribution in [3.63, 3.8) is 0 Å². The van der Waals surface area contributed by atoms with Crippen LogP contribution in [0.2, 0.25) is 0 Å². The lowest BCUT2D eigenvalue weighted by atomic mass is 9.96. The van der Waals surface area contributed by atoms with Crippen molar-refractivity contribution in [3.05, 3.63) is 29.8 Å². The second-order valence-corrected chi connectivity index (χ2v) is 9.04. The van der Waals surface area contributed by atoms with Crippen LogP contribution >= 0.6 is 12.4 Å². The summed E-state index contributed by atoms with van der Waals surface area (Å²) in [7, 11) is -3.59. The fourth-order valence-electron chi connectivity index (χ4n) is 3.54. The second kappa shape index (κ2) is 11.1. The molecule has 0 bridgehead atoms. The molecular weight excluding hydrogens is 402 g/mol. The van der Waals surface area contributed by atoms with Crippen LogP contribution in [0.4, 0.5) is 0 Å². The van der Waals surface area contributed by atoms with Gasteiger partial charge in [-0.05, 0) is 75.4 Å². The summed E-state index contributed by atoms with van der Waals surface area (Å²) in [6.07, 6.45) is 5.14. The number of hydrogen-bond donors (Lipinski definition) is 3. The van der Waals surface area contributed by atoms with Crippen molar-refractivity contribution in [2.24, 2.45) is 5.92 Å². The van der Waals surface area contributed by atoms with Crippen LogP contribution < -0.4 is 15.4 Å². The summed E-state index contributed by atoms with van der Waals surface area (Å²) in [5.41, 5.74) is 0.467. The SMILES string of the molecule is Cl.O=C(NCCC1CCCNC1)c1ccc(S(=O)(=O)NCC2CCCO2)cc1. The largest absolute Gasteiger partial charge is 0.377 e. The summed E-state index contributed by atoms with van der Waals surface area (Å²) in [5.74, 6) is 0.441. The number of halogens is 1. The molecule has 2 saturated heterocycles.